The van der Waals surface area contributed by atoms with E-state index in [9.17, 15) is 9.18 Å². The maximum Gasteiger partial charge on any atom is 0.256 e. The summed E-state index contributed by atoms with van der Waals surface area (Å²) in [5.74, 6) is -0.636. The van der Waals surface area contributed by atoms with Crippen LogP contribution in [-0.4, -0.2) is 37.0 Å². The second kappa shape index (κ2) is 5.45. The zero-order valence-corrected chi connectivity index (χ0v) is 12.9. The van der Waals surface area contributed by atoms with Crippen LogP contribution in [0.5, 0.6) is 0 Å². The number of nitrogens with zero attached hydrogens (tertiary/aromatic N) is 1. The van der Waals surface area contributed by atoms with Crippen LogP contribution in [0.1, 0.15) is 29.6 Å². The molecule has 0 bridgehead atoms. The lowest BCUT2D eigenvalue weighted by atomic mass is 9.78. The first-order chi connectivity index (χ1) is 9.60. The van der Waals surface area contributed by atoms with E-state index < -0.39 is 5.82 Å². The molecular formula is C15H18BrFN2O. The summed E-state index contributed by atoms with van der Waals surface area (Å²) in [5.41, 5.74) is 0.545. The van der Waals surface area contributed by atoms with Crippen molar-refractivity contribution in [2.75, 3.05) is 26.2 Å². The Morgan fingerprint density at radius 2 is 2.05 bits per heavy atom. The van der Waals surface area contributed by atoms with E-state index in [-0.39, 0.29) is 11.5 Å². The molecule has 5 heteroatoms. The molecule has 1 N–H and O–H groups in total. The molecule has 2 saturated heterocycles. The Balaban J connectivity index is 1.69. The van der Waals surface area contributed by atoms with Crippen molar-refractivity contribution in [2.24, 2.45) is 5.41 Å². The van der Waals surface area contributed by atoms with Crippen molar-refractivity contribution in [3.63, 3.8) is 0 Å². The number of benzene rings is 1. The van der Waals surface area contributed by atoms with Crippen LogP contribution < -0.4 is 5.32 Å². The molecule has 1 aromatic rings. The van der Waals surface area contributed by atoms with Gasteiger partial charge in [-0.2, -0.15) is 0 Å². The number of hydrogen-bond acceptors (Lipinski definition) is 2. The molecule has 0 radical (unpaired) electrons. The van der Waals surface area contributed by atoms with Gasteiger partial charge in [0.1, 0.15) is 5.82 Å². The number of amides is 1. The third-order valence-corrected chi connectivity index (χ3v) is 5.10. The van der Waals surface area contributed by atoms with E-state index in [1.165, 1.54) is 12.5 Å². The van der Waals surface area contributed by atoms with Crippen LogP contribution in [0.3, 0.4) is 0 Å². The molecule has 108 valence electrons. The van der Waals surface area contributed by atoms with Gasteiger partial charge in [-0.05, 0) is 49.4 Å². The fourth-order valence-electron chi connectivity index (χ4n) is 3.24. The Labute approximate surface area is 126 Å². The fourth-order valence-corrected chi connectivity index (χ4v) is 3.57. The van der Waals surface area contributed by atoms with E-state index in [1.807, 2.05) is 0 Å². The second-order valence-corrected chi connectivity index (χ2v) is 6.76. The monoisotopic (exact) mass is 340 g/mol. The first-order valence-electron chi connectivity index (χ1n) is 7.05. The zero-order valence-electron chi connectivity index (χ0n) is 11.3. The van der Waals surface area contributed by atoms with Crippen LogP contribution in [0.2, 0.25) is 0 Å². The largest absolute Gasteiger partial charge is 0.339 e. The molecule has 3 rings (SSSR count). The molecule has 3 nitrogen and oxygen atoms in total. The molecule has 20 heavy (non-hydrogen) atoms. The van der Waals surface area contributed by atoms with Crippen LogP contribution in [0.25, 0.3) is 0 Å². The van der Waals surface area contributed by atoms with Gasteiger partial charge in [0.25, 0.3) is 5.91 Å². The van der Waals surface area contributed by atoms with Gasteiger partial charge < -0.3 is 10.2 Å². The van der Waals surface area contributed by atoms with Gasteiger partial charge in [-0.15, -0.1) is 0 Å². The van der Waals surface area contributed by atoms with Gasteiger partial charge in [-0.25, -0.2) is 4.39 Å². The lowest BCUT2D eigenvalue weighted by Crippen LogP contribution is -2.44. The van der Waals surface area contributed by atoms with Gasteiger partial charge in [-0.3, -0.25) is 4.79 Å². The molecule has 0 aromatic heterocycles. The maximum absolute atomic E-state index is 13.9. The summed E-state index contributed by atoms with van der Waals surface area (Å²) >= 11 is 3.21. The summed E-state index contributed by atoms with van der Waals surface area (Å²) < 4.78 is 14.5. The first-order valence-corrected chi connectivity index (χ1v) is 7.84. The Hall–Kier alpha value is -0.940. The second-order valence-electron chi connectivity index (χ2n) is 5.84. The van der Waals surface area contributed by atoms with E-state index in [2.05, 4.69) is 21.2 Å². The minimum Gasteiger partial charge on any atom is -0.339 e. The van der Waals surface area contributed by atoms with Gasteiger partial charge in [-0.1, -0.05) is 15.9 Å². The van der Waals surface area contributed by atoms with Gasteiger partial charge >= 0.3 is 0 Å². The summed E-state index contributed by atoms with van der Waals surface area (Å²) in [6.45, 7) is 3.60. The Morgan fingerprint density at radius 3 is 2.65 bits per heavy atom. The molecule has 2 aliphatic heterocycles. The lowest BCUT2D eigenvalue weighted by Gasteiger charge is -2.38. The normalized spacial score (nSPS) is 21.4. The molecule has 2 aliphatic rings. The number of halogens is 2. The third-order valence-electron chi connectivity index (χ3n) is 4.60. The highest BCUT2D eigenvalue weighted by atomic mass is 79.9. The van der Waals surface area contributed by atoms with Gasteiger partial charge in [0, 0.05) is 24.1 Å². The number of likely N-dealkylation sites (tertiary alicyclic amines) is 1. The molecule has 2 heterocycles. The minimum atomic E-state index is -0.452. The van der Waals surface area contributed by atoms with Gasteiger partial charge in [0.05, 0.1) is 5.56 Å². The van der Waals surface area contributed by atoms with Crippen molar-refractivity contribution < 1.29 is 9.18 Å². The Morgan fingerprint density at radius 1 is 1.30 bits per heavy atom. The van der Waals surface area contributed by atoms with Crippen molar-refractivity contribution in [3.8, 4) is 0 Å². The SMILES string of the molecule is O=C(c1ccc(Br)cc1F)N1CCC2(CCNC2)CC1. The summed E-state index contributed by atoms with van der Waals surface area (Å²) in [6.07, 6.45) is 3.23. The minimum absolute atomic E-state index is 0.175. The number of piperidine rings is 1. The number of rotatable bonds is 1. The molecule has 1 aromatic carbocycles. The van der Waals surface area contributed by atoms with Crippen molar-refractivity contribution in [1.82, 2.24) is 10.2 Å². The molecule has 1 spiro atoms. The van der Waals surface area contributed by atoms with E-state index in [1.54, 1.807) is 17.0 Å². The molecule has 1 amide bonds. The van der Waals surface area contributed by atoms with Crippen LogP contribution in [-0.2, 0) is 0 Å². The average molecular weight is 341 g/mol. The smallest absolute Gasteiger partial charge is 0.256 e. The first kappa shape index (κ1) is 14.0. The average Bonchev–Trinajstić information content (AvgIpc) is 2.87. The summed E-state index contributed by atoms with van der Waals surface area (Å²) in [6, 6.07) is 4.62. The number of hydrogen-bond donors (Lipinski definition) is 1. The number of carbonyl (C=O) groups excluding carboxylic acids is 1. The lowest BCUT2D eigenvalue weighted by molar-refractivity contribution is 0.0603. The highest BCUT2D eigenvalue weighted by Crippen LogP contribution is 2.37. The quantitative estimate of drug-likeness (QED) is 0.852. The van der Waals surface area contributed by atoms with E-state index in [0.29, 0.717) is 9.89 Å². The van der Waals surface area contributed by atoms with Crippen LogP contribution >= 0.6 is 15.9 Å². The van der Waals surface area contributed by atoms with E-state index >= 15 is 0 Å². The van der Waals surface area contributed by atoms with Crippen molar-refractivity contribution in [2.45, 2.75) is 19.3 Å². The molecule has 0 saturated carbocycles. The molecule has 0 aliphatic carbocycles. The summed E-state index contributed by atoms with van der Waals surface area (Å²) in [7, 11) is 0. The van der Waals surface area contributed by atoms with Crippen molar-refractivity contribution >= 4 is 21.8 Å². The highest BCUT2D eigenvalue weighted by Gasteiger charge is 2.38. The highest BCUT2D eigenvalue weighted by molar-refractivity contribution is 9.10. The number of carbonyl (C=O) groups is 1. The molecule has 0 atom stereocenters. The molecular weight excluding hydrogens is 323 g/mol. The molecule has 2 fully saturated rings. The van der Waals surface area contributed by atoms with Crippen molar-refractivity contribution in [3.05, 3.63) is 34.1 Å². The maximum atomic E-state index is 13.9. The predicted octanol–water partition coefficient (Wildman–Crippen LogP) is 2.80. The summed E-state index contributed by atoms with van der Waals surface area (Å²) in [5, 5.41) is 3.41. The van der Waals surface area contributed by atoms with Crippen LogP contribution in [0.4, 0.5) is 4.39 Å². The Kier molecular flexibility index (Phi) is 3.82. The Bertz CT molecular complexity index is 519. The topological polar surface area (TPSA) is 32.3 Å². The van der Waals surface area contributed by atoms with Gasteiger partial charge in [0.15, 0.2) is 0 Å². The van der Waals surface area contributed by atoms with Gasteiger partial charge in [0.2, 0.25) is 0 Å². The van der Waals surface area contributed by atoms with E-state index in [4.69, 9.17) is 0 Å². The summed E-state index contributed by atoms with van der Waals surface area (Å²) in [4.78, 5) is 14.2. The number of nitrogens with one attached hydrogen (secondary N) is 1. The van der Waals surface area contributed by atoms with E-state index in [0.717, 1.165) is 39.0 Å². The standard InChI is InChI=1S/C15H18BrFN2O/c16-11-1-2-12(13(17)9-11)14(20)19-7-4-15(5-8-19)3-6-18-10-15/h1-2,9,18H,3-8,10H2. The van der Waals surface area contributed by atoms with Crippen LogP contribution in [0, 0.1) is 11.2 Å². The fraction of sp³-hybridized carbons (Fsp3) is 0.533. The van der Waals surface area contributed by atoms with Crippen LogP contribution in [0.15, 0.2) is 22.7 Å². The molecule has 0 unspecified atom stereocenters. The third kappa shape index (κ3) is 2.61. The zero-order chi connectivity index (χ0) is 14.2. The van der Waals surface area contributed by atoms with Crippen molar-refractivity contribution in [1.29, 1.82) is 0 Å². The predicted molar refractivity (Wildman–Crippen MR) is 79.2 cm³/mol.